The van der Waals surface area contributed by atoms with E-state index in [1.54, 1.807) is 54.3 Å². The third kappa shape index (κ3) is 13.0. The average molecular weight is 814 g/mol. The molecular weight excluding hydrogens is 770 g/mol. The third-order valence-electron chi connectivity index (χ3n) is 6.08. The Kier molecular flexibility index (Phi) is 24.7. The van der Waals surface area contributed by atoms with E-state index in [4.69, 9.17) is 20.7 Å². The van der Waals surface area contributed by atoms with E-state index in [0.29, 0.717) is 26.1 Å². The molecule has 0 bridgehead atoms. The summed E-state index contributed by atoms with van der Waals surface area (Å²) in [6.45, 7) is 1.93. The van der Waals surface area contributed by atoms with E-state index in [1.165, 1.54) is 35.8 Å². The molecule has 0 atom stereocenters. The number of rotatable bonds is 5. The van der Waals surface area contributed by atoms with Gasteiger partial charge in [-0.05, 0) is 43.7 Å². The largest absolute Gasteiger partial charge is 0.465 e. The molecule has 51 heavy (non-hydrogen) atoms. The normalized spacial score (nSPS) is 9.27. The van der Waals surface area contributed by atoms with Gasteiger partial charge in [0.15, 0.2) is 12.6 Å². The van der Waals surface area contributed by atoms with Crippen molar-refractivity contribution in [3.8, 4) is 0 Å². The fourth-order valence-corrected chi connectivity index (χ4v) is 7.53. The lowest BCUT2D eigenvalue weighted by molar-refractivity contribution is 0.0607. The van der Waals surface area contributed by atoms with Crippen LogP contribution in [0.25, 0.3) is 30.3 Å². The Hall–Kier alpha value is -3.35. The number of thiophene rings is 3. The lowest BCUT2D eigenvalue weighted by atomic mass is 10.2. The molecule has 0 radical (unpaired) electrons. The molecule has 0 aliphatic rings. The smallest absolute Gasteiger partial charge is 0.350 e. The van der Waals surface area contributed by atoms with Crippen molar-refractivity contribution in [3.63, 3.8) is 0 Å². The van der Waals surface area contributed by atoms with Crippen LogP contribution in [0, 0.1) is 5.82 Å². The molecule has 0 fully saturated rings. The average Bonchev–Trinajstić information content (AvgIpc) is 3.86. The quantitative estimate of drug-likeness (QED) is 0.0517. The molecule has 3 heterocycles. The molecule has 16 heteroatoms. The highest BCUT2D eigenvalue weighted by Gasteiger charge is 2.17. The van der Waals surface area contributed by atoms with Crippen LogP contribution in [0.1, 0.15) is 36.6 Å². The molecule has 0 spiro atoms. The molecule has 0 amide bonds. The zero-order valence-electron chi connectivity index (χ0n) is 29.2. The van der Waals surface area contributed by atoms with Gasteiger partial charge in [-0.3, -0.25) is 9.59 Å². The van der Waals surface area contributed by atoms with Crippen molar-refractivity contribution < 1.29 is 33.7 Å². The number of methoxy groups -OCH3 is 1. The highest BCUT2D eigenvalue weighted by atomic mass is 32.1. The number of halogens is 1. The minimum atomic E-state index is -0.376. The van der Waals surface area contributed by atoms with Gasteiger partial charge in [0.1, 0.15) is 15.7 Å². The summed E-state index contributed by atoms with van der Waals surface area (Å²) < 4.78 is 22.5. The molecule has 9 nitrogen and oxygen atoms in total. The molecule has 0 aliphatic heterocycles. The number of anilines is 3. The number of nitrogens with zero attached hydrogens (tertiary/aromatic N) is 1. The fourth-order valence-electron chi connectivity index (χ4n) is 4.17. The highest BCUT2D eigenvalue weighted by molar-refractivity contribution is 7.82. The first kappa shape index (κ1) is 47.7. The number of nitrogen functional groups attached to an aromatic ring is 1. The van der Waals surface area contributed by atoms with Crippen molar-refractivity contribution >= 4 is 137 Å². The highest BCUT2D eigenvalue weighted by Crippen LogP contribution is 2.38. The Balaban J connectivity index is 0.000000661. The molecular formula is C35H44FN3O6S6. The molecule has 0 saturated carbocycles. The molecule has 0 unspecified atom stereocenters. The summed E-state index contributed by atoms with van der Waals surface area (Å²) in [7, 11) is 6.02. The van der Waals surface area contributed by atoms with Gasteiger partial charge < -0.3 is 30.3 Å². The van der Waals surface area contributed by atoms with E-state index < -0.39 is 0 Å². The summed E-state index contributed by atoms with van der Waals surface area (Å²) in [6.07, 6.45) is 4.93. The number of nitrogens with one attached hydrogen (secondary N) is 1. The van der Waals surface area contributed by atoms with Crippen LogP contribution in [-0.2, 0) is 4.74 Å². The summed E-state index contributed by atoms with van der Waals surface area (Å²) in [6, 6.07) is 20.4. The van der Waals surface area contributed by atoms with Gasteiger partial charge in [0.25, 0.3) is 0 Å². The monoisotopic (exact) mass is 813 g/mol. The van der Waals surface area contributed by atoms with Gasteiger partial charge in [0, 0.05) is 52.7 Å². The van der Waals surface area contributed by atoms with Gasteiger partial charge in [-0.15, -0.1) is 34.0 Å². The Bertz CT molecular complexity index is 1930. The zero-order chi connectivity index (χ0) is 39.1. The van der Waals surface area contributed by atoms with Crippen LogP contribution < -0.4 is 15.4 Å². The molecule has 6 rings (SSSR count). The van der Waals surface area contributed by atoms with Crippen molar-refractivity contribution in [1.82, 2.24) is 0 Å². The van der Waals surface area contributed by atoms with Gasteiger partial charge in [-0.25, -0.2) is 9.18 Å². The van der Waals surface area contributed by atoms with Crippen LogP contribution in [0.4, 0.5) is 20.8 Å². The van der Waals surface area contributed by atoms with Crippen LogP contribution in [-0.4, -0.2) is 76.2 Å². The molecule has 5 N–H and O–H groups in total. The number of ether oxygens (including phenoxy) is 1. The maximum Gasteiger partial charge on any atom is 0.350 e. The first-order valence-corrected chi connectivity index (χ1v) is 19.3. The molecule has 6 aromatic rings. The number of nitrogens with two attached hydrogens (primary N) is 1. The number of fused-ring (bicyclic) bond motifs is 3. The van der Waals surface area contributed by atoms with Crippen LogP contribution in [0.15, 0.2) is 66.7 Å². The molecule has 3 aromatic carbocycles. The lowest BCUT2D eigenvalue weighted by Crippen LogP contribution is -2.01. The first-order valence-electron chi connectivity index (χ1n) is 14.7. The summed E-state index contributed by atoms with van der Waals surface area (Å²) in [5.41, 5.74) is 7.41. The maximum absolute atomic E-state index is 13.2. The lowest BCUT2D eigenvalue weighted by Gasteiger charge is -2.07. The van der Waals surface area contributed by atoms with Crippen LogP contribution in [0.5, 0.6) is 0 Å². The minimum Gasteiger partial charge on any atom is -0.465 e. The van der Waals surface area contributed by atoms with E-state index >= 15 is 0 Å². The first-order chi connectivity index (χ1) is 24.7. The Morgan fingerprint density at radius 2 is 1.41 bits per heavy atom. The predicted molar refractivity (Wildman–Crippen MR) is 230 cm³/mol. The van der Waals surface area contributed by atoms with E-state index in [9.17, 15) is 18.8 Å². The van der Waals surface area contributed by atoms with Gasteiger partial charge in [0.05, 0.1) is 34.3 Å². The van der Waals surface area contributed by atoms with Crippen LogP contribution in [0.3, 0.4) is 0 Å². The van der Waals surface area contributed by atoms with Crippen molar-refractivity contribution in [2.75, 3.05) is 62.8 Å². The number of aliphatic hydroxyl groups excluding tert-OH is 2. The molecule has 3 aromatic heterocycles. The number of thiol groups is 3. The summed E-state index contributed by atoms with van der Waals surface area (Å²) in [5, 5.41) is 20.9. The maximum atomic E-state index is 13.2. The second-order valence-corrected chi connectivity index (χ2v) is 12.7. The number of esters is 1. The second-order valence-electron chi connectivity index (χ2n) is 8.93. The van der Waals surface area contributed by atoms with E-state index in [1.807, 2.05) is 55.6 Å². The van der Waals surface area contributed by atoms with E-state index in [0.717, 1.165) is 49.8 Å². The van der Waals surface area contributed by atoms with Gasteiger partial charge >= 0.3 is 5.97 Å². The predicted octanol–water partition coefficient (Wildman–Crippen LogP) is 8.86. The Labute approximate surface area is 326 Å². The number of benzene rings is 3. The SMILES string of the molecule is CCO.CN(S)c1sc2ccccc2c1C=O.CNc1c(C(=O)OC)sc2ccccc12.CO.CS.CS.Nc1c(C=O)sc2cccc(F)c12. The number of aldehydes is 2. The van der Waals surface area contributed by atoms with Crippen molar-refractivity contribution in [3.05, 3.63) is 87.9 Å². The van der Waals surface area contributed by atoms with Crippen molar-refractivity contribution in [2.24, 2.45) is 0 Å². The van der Waals surface area contributed by atoms with Crippen molar-refractivity contribution in [1.29, 1.82) is 0 Å². The number of carbonyl (C=O) groups is 3. The van der Waals surface area contributed by atoms with E-state index in [-0.39, 0.29) is 24.1 Å². The number of aliphatic hydroxyl groups is 2. The summed E-state index contributed by atoms with van der Waals surface area (Å²) in [5.74, 6) is -0.667. The zero-order valence-corrected chi connectivity index (χ0v) is 34.3. The minimum absolute atomic E-state index is 0.244. The number of hydrogen-bond acceptors (Lipinski definition) is 15. The molecule has 0 aliphatic carbocycles. The van der Waals surface area contributed by atoms with Crippen LogP contribution in [0.2, 0.25) is 0 Å². The number of carbonyl (C=O) groups excluding carboxylic acids is 3. The van der Waals surface area contributed by atoms with Crippen LogP contribution >= 0.6 is 72.1 Å². The summed E-state index contributed by atoms with van der Waals surface area (Å²) in [4.78, 5) is 34.0. The Morgan fingerprint density at radius 3 is 1.88 bits per heavy atom. The Morgan fingerprint density at radius 1 is 0.902 bits per heavy atom. The fraction of sp³-hybridized carbons (Fsp3) is 0.229. The van der Waals surface area contributed by atoms with Crippen molar-refractivity contribution in [2.45, 2.75) is 6.92 Å². The van der Waals surface area contributed by atoms with E-state index in [2.05, 4.69) is 43.4 Å². The molecule has 278 valence electrons. The van der Waals surface area contributed by atoms with Gasteiger partial charge in [-0.2, -0.15) is 25.3 Å². The standard InChI is InChI=1S/C11H11NO2S.C10H9NOS2.C9H6FNOS.C2H6O.CH4O.2CH4S/c1-12-9-7-5-3-4-6-8(7)15-10(9)11(13)14-2;1-11(13)10-8(6-12)7-4-2-3-5-9(7)14-10;10-5-2-1-3-6-8(5)9(11)7(4-12)13-6;1-2-3;3*1-2/h3-6,12H,1-2H3;2-6,13H,1H3;1-4H,11H2;3H,2H2,1H3;3*2H,1H3. The number of hydrogen-bond donors (Lipinski definition) is 7. The topological polar surface area (TPSA) is 142 Å². The van der Waals surface area contributed by atoms with Gasteiger partial charge in [-0.1, -0.05) is 55.3 Å². The third-order valence-corrected chi connectivity index (χ3v) is 9.92. The summed E-state index contributed by atoms with van der Waals surface area (Å²) >= 11 is 15.5. The van der Waals surface area contributed by atoms with Gasteiger partial charge in [0.2, 0.25) is 0 Å². The molecule has 0 saturated heterocycles. The second kappa shape index (κ2) is 26.4.